The Hall–Kier alpha value is -1.66. The van der Waals surface area contributed by atoms with Crippen molar-refractivity contribution in [3.8, 4) is 18.2 Å². The SMILES string of the molecule is CC(C#N)ONOP(=O)(ONOC(C)C#N)ONOC(C)C#N. The summed E-state index contributed by atoms with van der Waals surface area (Å²) in [5.74, 6) is 0. The van der Waals surface area contributed by atoms with Crippen LogP contribution in [0.3, 0.4) is 0 Å². The van der Waals surface area contributed by atoms with E-state index in [-0.39, 0.29) is 0 Å². The van der Waals surface area contributed by atoms with Crippen LogP contribution in [-0.2, 0) is 33.0 Å². The summed E-state index contributed by atoms with van der Waals surface area (Å²) in [6, 6.07) is 5.08. The highest BCUT2D eigenvalue weighted by molar-refractivity contribution is 7.48. The van der Waals surface area contributed by atoms with Crippen molar-refractivity contribution in [1.82, 2.24) is 16.9 Å². The predicted octanol–water partition coefficient (Wildman–Crippen LogP) is 0.189. The van der Waals surface area contributed by atoms with Gasteiger partial charge in [0.1, 0.15) is 0 Å². The highest BCUT2D eigenvalue weighted by Crippen LogP contribution is 2.46. The molecule has 0 saturated heterocycles. The van der Waals surface area contributed by atoms with Crippen molar-refractivity contribution in [2.24, 2.45) is 0 Å². The molecule has 0 spiro atoms. The Labute approximate surface area is 131 Å². The first-order valence-electron chi connectivity index (χ1n) is 5.93. The molecule has 3 unspecified atom stereocenters. The molecule has 0 fully saturated rings. The summed E-state index contributed by atoms with van der Waals surface area (Å²) in [6.07, 6.45) is -2.81. The summed E-state index contributed by atoms with van der Waals surface area (Å²) < 4.78 is 25.5. The molecule has 3 atom stereocenters. The van der Waals surface area contributed by atoms with Gasteiger partial charge in [0.05, 0.1) is 18.2 Å². The van der Waals surface area contributed by atoms with E-state index in [0.717, 1.165) is 0 Å². The van der Waals surface area contributed by atoms with Gasteiger partial charge in [-0.05, 0) is 20.8 Å². The summed E-state index contributed by atoms with van der Waals surface area (Å²) in [4.78, 5) is 13.7. The van der Waals surface area contributed by atoms with Gasteiger partial charge in [0.25, 0.3) is 0 Å². The van der Waals surface area contributed by atoms with Crippen molar-refractivity contribution >= 4 is 7.82 Å². The summed E-state index contributed by atoms with van der Waals surface area (Å²) >= 11 is 0. The first-order chi connectivity index (χ1) is 10.9. The zero-order valence-electron chi connectivity index (χ0n) is 12.4. The smallest absolute Gasteiger partial charge is 0.258 e. The number of phosphoric acid groups is 1. The van der Waals surface area contributed by atoms with Gasteiger partial charge in [0.2, 0.25) is 0 Å². The summed E-state index contributed by atoms with van der Waals surface area (Å²) in [5.41, 5.74) is 5.17. The van der Waals surface area contributed by atoms with E-state index in [1.54, 1.807) is 35.1 Å². The van der Waals surface area contributed by atoms with Crippen LogP contribution in [0, 0.1) is 34.0 Å². The Kier molecular flexibility index (Phi) is 11.0. The standard InChI is InChI=1S/C9H15N6O7P/c1-7(4-10)17-13-20-23(16,21-14-18-8(2)5-11)22-15-19-9(3)6-12/h7-9,13-15H,1-3H3. The second-order valence-corrected chi connectivity index (χ2v) is 5.08. The normalized spacial score (nSPS) is 17.0. The molecule has 0 bridgehead atoms. The number of hydrogen-bond acceptors (Lipinski definition) is 13. The molecular weight excluding hydrogens is 335 g/mol. The lowest BCUT2D eigenvalue weighted by Crippen LogP contribution is -2.28. The third-order valence-corrected chi connectivity index (χ3v) is 2.56. The summed E-state index contributed by atoms with van der Waals surface area (Å²) in [5, 5.41) is 25.5. The highest BCUT2D eigenvalue weighted by atomic mass is 31.2. The third-order valence-electron chi connectivity index (χ3n) is 1.67. The molecule has 0 heterocycles. The van der Waals surface area contributed by atoms with Crippen molar-refractivity contribution in [3.05, 3.63) is 0 Å². The van der Waals surface area contributed by atoms with Crippen LogP contribution in [-0.4, -0.2) is 18.3 Å². The number of nitrogens with one attached hydrogen (secondary N) is 3. The maximum Gasteiger partial charge on any atom is 0.530 e. The molecule has 0 aliphatic carbocycles. The fraction of sp³-hybridized carbons (Fsp3) is 0.667. The van der Waals surface area contributed by atoms with Crippen LogP contribution in [0.5, 0.6) is 0 Å². The molecule has 0 amide bonds. The topological polar surface area (TPSA) is 180 Å². The zero-order chi connectivity index (χ0) is 17.7. The van der Waals surface area contributed by atoms with Crippen LogP contribution in [0.25, 0.3) is 0 Å². The number of hydrogen-bond donors (Lipinski definition) is 3. The van der Waals surface area contributed by atoms with Gasteiger partial charge in [-0.15, -0.1) is 0 Å². The Morgan fingerprint density at radius 2 is 1.00 bits per heavy atom. The van der Waals surface area contributed by atoms with E-state index in [9.17, 15) is 4.57 Å². The number of nitriles is 3. The molecule has 0 aromatic carbocycles. The largest absolute Gasteiger partial charge is 0.530 e. The van der Waals surface area contributed by atoms with Crippen LogP contribution in [0.15, 0.2) is 0 Å². The molecule has 0 aromatic rings. The Bertz CT molecular complexity index is 443. The van der Waals surface area contributed by atoms with Crippen molar-refractivity contribution in [1.29, 1.82) is 15.8 Å². The second-order valence-electron chi connectivity index (χ2n) is 3.64. The fourth-order valence-electron chi connectivity index (χ4n) is 0.553. The van der Waals surface area contributed by atoms with Gasteiger partial charge in [-0.2, -0.15) is 29.7 Å². The molecule has 0 aromatic heterocycles. The zero-order valence-corrected chi connectivity index (χ0v) is 13.3. The lowest BCUT2D eigenvalue weighted by molar-refractivity contribution is -0.201. The molecule has 0 radical (unpaired) electrons. The number of nitrogens with zero attached hydrogens (tertiary/aromatic N) is 3. The van der Waals surface area contributed by atoms with E-state index in [4.69, 9.17) is 15.8 Å². The van der Waals surface area contributed by atoms with E-state index in [1.807, 2.05) is 0 Å². The van der Waals surface area contributed by atoms with E-state index in [1.165, 1.54) is 20.8 Å². The highest BCUT2D eigenvalue weighted by Gasteiger charge is 2.31. The van der Waals surface area contributed by atoms with Crippen molar-refractivity contribution in [2.75, 3.05) is 0 Å². The average Bonchev–Trinajstić information content (AvgIpc) is 2.54. The fourth-order valence-corrected chi connectivity index (χ4v) is 1.07. The van der Waals surface area contributed by atoms with Gasteiger partial charge in [0.15, 0.2) is 18.3 Å². The van der Waals surface area contributed by atoms with Crippen LogP contribution in [0.1, 0.15) is 20.8 Å². The minimum atomic E-state index is -4.46. The Balaban J connectivity index is 4.45. The number of rotatable bonds is 12. The maximum atomic E-state index is 12.1. The second kappa shape index (κ2) is 11.8. The monoisotopic (exact) mass is 350 g/mol. The van der Waals surface area contributed by atoms with Gasteiger partial charge in [0, 0.05) is 0 Å². The molecule has 0 aliphatic heterocycles. The Morgan fingerprint density at radius 3 is 1.22 bits per heavy atom. The van der Waals surface area contributed by atoms with Crippen molar-refractivity contribution < 1.29 is 33.0 Å². The van der Waals surface area contributed by atoms with E-state index < -0.39 is 26.1 Å². The molecule has 23 heavy (non-hydrogen) atoms. The molecular formula is C9H15N6O7P. The lowest BCUT2D eigenvalue weighted by Gasteiger charge is -2.17. The lowest BCUT2D eigenvalue weighted by atomic mass is 10.5. The van der Waals surface area contributed by atoms with E-state index in [2.05, 4.69) is 28.4 Å². The van der Waals surface area contributed by atoms with Crippen LogP contribution < -0.4 is 16.9 Å². The first kappa shape index (κ1) is 21.3. The van der Waals surface area contributed by atoms with Crippen LogP contribution in [0.4, 0.5) is 0 Å². The Morgan fingerprint density at radius 1 is 0.739 bits per heavy atom. The quantitative estimate of drug-likeness (QED) is 0.321. The van der Waals surface area contributed by atoms with Gasteiger partial charge < -0.3 is 0 Å². The minimum absolute atomic E-state index is 0.936. The summed E-state index contributed by atoms with van der Waals surface area (Å²) in [6.45, 7) is 4.11. The third kappa shape index (κ3) is 10.7. The van der Waals surface area contributed by atoms with Gasteiger partial charge >= 0.3 is 7.82 Å². The maximum absolute atomic E-state index is 12.1. The average molecular weight is 350 g/mol. The van der Waals surface area contributed by atoms with E-state index >= 15 is 0 Å². The van der Waals surface area contributed by atoms with E-state index in [0.29, 0.717) is 0 Å². The van der Waals surface area contributed by atoms with Crippen molar-refractivity contribution in [3.63, 3.8) is 0 Å². The minimum Gasteiger partial charge on any atom is -0.258 e. The van der Waals surface area contributed by atoms with Gasteiger partial charge in [-0.1, -0.05) is 16.9 Å². The molecule has 128 valence electrons. The molecule has 0 saturated carbocycles. The van der Waals surface area contributed by atoms with Gasteiger partial charge in [-0.25, -0.2) is 4.57 Å². The summed E-state index contributed by atoms with van der Waals surface area (Å²) in [7, 11) is -4.46. The molecule has 3 N–H and O–H groups in total. The van der Waals surface area contributed by atoms with Gasteiger partial charge in [-0.3, -0.25) is 14.5 Å². The molecule has 0 rings (SSSR count). The van der Waals surface area contributed by atoms with Crippen molar-refractivity contribution in [2.45, 2.75) is 39.1 Å². The molecule has 13 nitrogen and oxygen atoms in total. The molecule has 0 aliphatic rings. The first-order valence-corrected chi connectivity index (χ1v) is 7.39. The van der Waals surface area contributed by atoms with Crippen LogP contribution >= 0.6 is 7.82 Å². The molecule has 14 heteroatoms. The van der Waals surface area contributed by atoms with Crippen LogP contribution in [0.2, 0.25) is 0 Å². The predicted molar refractivity (Wildman–Crippen MR) is 68.7 cm³/mol.